The van der Waals surface area contributed by atoms with Crippen molar-refractivity contribution in [2.24, 2.45) is 0 Å². The SMILES string of the molecule is CCc1nc(Cl)c2c(C(=O)OC)noc2n1. The van der Waals surface area contributed by atoms with Crippen molar-refractivity contribution in [1.29, 1.82) is 0 Å². The second kappa shape index (κ2) is 4.05. The molecule has 2 heterocycles. The van der Waals surface area contributed by atoms with Crippen molar-refractivity contribution >= 4 is 28.7 Å². The molecule has 0 radical (unpaired) electrons. The van der Waals surface area contributed by atoms with E-state index in [4.69, 9.17) is 16.1 Å². The quantitative estimate of drug-likeness (QED) is 0.587. The molecule has 0 aliphatic heterocycles. The van der Waals surface area contributed by atoms with Crippen LogP contribution < -0.4 is 0 Å². The predicted octanol–water partition coefficient (Wildman–Crippen LogP) is 1.62. The van der Waals surface area contributed by atoms with Crippen molar-refractivity contribution in [3.63, 3.8) is 0 Å². The van der Waals surface area contributed by atoms with Crippen molar-refractivity contribution in [2.45, 2.75) is 13.3 Å². The molecule has 6 nitrogen and oxygen atoms in total. The lowest BCUT2D eigenvalue weighted by Crippen LogP contribution is -2.03. The third-order valence-electron chi connectivity index (χ3n) is 2.03. The normalized spacial score (nSPS) is 10.7. The van der Waals surface area contributed by atoms with Gasteiger partial charge in [0.1, 0.15) is 16.4 Å². The lowest BCUT2D eigenvalue weighted by atomic mass is 10.3. The maximum atomic E-state index is 11.3. The Kier molecular flexibility index (Phi) is 2.74. The molecule has 2 aromatic rings. The fourth-order valence-electron chi connectivity index (χ4n) is 1.25. The summed E-state index contributed by atoms with van der Waals surface area (Å²) in [5.74, 6) is -0.0986. The van der Waals surface area contributed by atoms with Crippen molar-refractivity contribution in [3.8, 4) is 0 Å². The van der Waals surface area contributed by atoms with Crippen LogP contribution in [-0.2, 0) is 11.2 Å². The molecule has 0 spiro atoms. The van der Waals surface area contributed by atoms with E-state index in [1.54, 1.807) is 0 Å². The molecule has 0 amide bonds. The molecule has 0 aliphatic rings. The minimum atomic E-state index is -0.631. The molecule has 84 valence electrons. The number of hydrogen-bond donors (Lipinski definition) is 0. The van der Waals surface area contributed by atoms with Crippen LogP contribution in [0.5, 0.6) is 0 Å². The summed E-state index contributed by atoms with van der Waals surface area (Å²) in [5.41, 5.74) is 0.183. The molecule has 0 fully saturated rings. The summed E-state index contributed by atoms with van der Waals surface area (Å²) in [5, 5.41) is 3.99. The number of aromatic nitrogens is 3. The smallest absolute Gasteiger partial charge is 0.361 e. The zero-order chi connectivity index (χ0) is 11.7. The number of hydrogen-bond acceptors (Lipinski definition) is 6. The summed E-state index contributed by atoms with van der Waals surface area (Å²) >= 11 is 5.93. The average molecular weight is 242 g/mol. The van der Waals surface area contributed by atoms with Crippen LogP contribution in [0.1, 0.15) is 23.2 Å². The van der Waals surface area contributed by atoms with Crippen LogP contribution in [0.15, 0.2) is 4.52 Å². The van der Waals surface area contributed by atoms with E-state index < -0.39 is 5.97 Å². The van der Waals surface area contributed by atoms with E-state index in [0.717, 1.165) is 0 Å². The van der Waals surface area contributed by atoms with Gasteiger partial charge in [0.2, 0.25) is 5.69 Å². The zero-order valence-corrected chi connectivity index (χ0v) is 9.41. The average Bonchev–Trinajstić information content (AvgIpc) is 2.72. The van der Waals surface area contributed by atoms with Crippen LogP contribution in [0, 0.1) is 0 Å². The highest BCUT2D eigenvalue weighted by molar-refractivity contribution is 6.35. The summed E-state index contributed by atoms with van der Waals surface area (Å²) in [4.78, 5) is 19.4. The molecule has 16 heavy (non-hydrogen) atoms. The molecule has 0 atom stereocenters. The highest BCUT2D eigenvalue weighted by Gasteiger charge is 2.21. The highest BCUT2D eigenvalue weighted by atomic mass is 35.5. The van der Waals surface area contributed by atoms with Crippen LogP contribution in [0.2, 0.25) is 5.15 Å². The van der Waals surface area contributed by atoms with E-state index in [2.05, 4.69) is 19.9 Å². The largest absolute Gasteiger partial charge is 0.464 e. The van der Waals surface area contributed by atoms with E-state index in [1.807, 2.05) is 6.92 Å². The summed E-state index contributed by atoms with van der Waals surface area (Å²) in [6.07, 6.45) is 0.615. The second-order valence-electron chi connectivity index (χ2n) is 2.99. The standard InChI is InChI=1S/C9H8ClN3O3/c1-3-4-11-7(10)5-6(9(14)15-2)13-16-8(5)12-4/h3H2,1-2H3. The summed E-state index contributed by atoms with van der Waals surface area (Å²) < 4.78 is 9.45. The third-order valence-corrected chi connectivity index (χ3v) is 2.31. The number of nitrogens with zero attached hydrogens (tertiary/aromatic N) is 3. The van der Waals surface area contributed by atoms with Crippen LogP contribution in [0.3, 0.4) is 0 Å². The van der Waals surface area contributed by atoms with Crippen molar-refractivity contribution in [3.05, 3.63) is 16.7 Å². The second-order valence-corrected chi connectivity index (χ2v) is 3.35. The predicted molar refractivity (Wildman–Crippen MR) is 55.3 cm³/mol. The molecule has 2 aromatic heterocycles. The lowest BCUT2D eigenvalue weighted by molar-refractivity contribution is 0.0591. The fraction of sp³-hybridized carbons (Fsp3) is 0.333. The highest BCUT2D eigenvalue weighted by Crippen LogP contribution is 2.24. The molecule has 0 bridgehead atoms. The van der Waals surface area contributed by atoms with E-state index in [-0.39, 0.29) is 21.9 Å². The Bertz CT molecular complexity index is 552. The number of aryl methyl sites for hydroxylation is 1. The monoisotopic (exact) mass is 241 g/mol. The van der Waals surface area contributed by atoms with Crippen LogP contribution in [-0.4, -0.2) is 28.2 Å². The molecule has 0 aromatic carbocycles. The Morgan fingerprint density at radius 1 is 1.50 bits per heavy atom. The Morgan fingerprint density at radius 2 is 2.25 bits per heavy atom. The van der Waals surface area contributed by atoms with Gasteiger partial charge in [-0.25, -0.2) is 9.78 Å². The molecular formula is C9H8ClN3O3. The maximum absolute atomic E-state index is 11.3. The van der Waals surface area contributed by atoms with Gasteiger partial charge in [0.15, 0.2) is 0 Å². The number of carbonyl (C=O) groups is 1. The minimum absolute atomic E-state index is 0.00912. The molecule has 0 saturated heterocycles. The zero-order valence-electron chi connectivity index (χ0n) is 8.65. The van der Waals surface area contributed by atoms with Crippen molar-refractivity contribution in [1.82, 2.24) is 15.1 Å². The number of carbonyl (C=O) groups excluding carboxylic acids is 1. The van der Waals surface area contributed by atoms with Crippen molar-refractivity contribution < 1.29 is 14.1 Å². The van der Waals surface area contributed by atoms with Crippen LogP contribution in [0.4, 0.5) is 0 Å². The minimum Gasteiger partial charge on any atom is -0.464 e. The molecular weight excluding hydrogens is 234 g/mol. The molecule has 7 heteroatoms. The van der Waals surface area contributed by atoms with Crippen molar-refractivity contribution in [2.75, 3.05) is 7.11 Å². The summed E-state index contributed by atoms with van der Waals surface area (Å²) in [6.45, 7) is 1.88. The van der Waals surface area contributed by atoms with Gasteiger partial charge >= 0.3 is 5.97 Å². The first-order chi connectivity index (χ1) is 7.67. The lowest BCUT2D eigenvalue weighted by Gasteiger charge is -1.97. The number of fused-ring (bicyclic) bond motifs is 1. The maximum Gasteiger partial charge on any atom is 0.361 e. The van der Waals surface area contributed by atoms with Gasteiger partial charge in [0.25, 0.3) is 5.71 Å². The molecule has 0 N–H and O–H groups in total. The Labute approximate surface area is 95.6 Å². The summed E-state index contributed by atoms with van der Waals surface area (Å²) in [6, 6.07) is 0. The van der Waals surface area contributed by atoms with Crippen LogP contribution in [0.25, 0.3) is 11.1 Å². The van der Waals surface area contributed by atoms with Crippen LogP contribution >= 0.6 is 11.6 Å². The van der Waals surface area contributed by atoms with Gasteiger partial charge in [0, 0.05) is 6.42 Å². The first-order valence-electron chi connectivity index (χ1n) is 4.57. The molecule has 2 rings (SSSR count). The summed E-state index contributed by atoms with van der Waals surface area (Å²) in [7, 11) is 1.25. The van der Waals surface area contributed by atoms with E-state index >= 15 is 0 Å². The first kappa shape index (κ1) is 10.8. The van der Waals surface area contributed by atoms with E-state index in [1.165, 1.54) is 7.11 Å². The first-order valence-corrected chi connectivity index (χ1v) is 4.95. The Balaban J connectivity index is 2.68. The molecule has 0 aliphatic carbocycles. The van der Waals surface area contributed by atoms with Gasteiger partial charge in [-0.05, 0) is 0 Å². The third kappa shape index (κ3) is 1.61. The van der Waals surface area contributed by atoms with E-state index in [0.29, 0.717) is 12.2 Å². The Hall–Kier alpha value is -1.69. The topological polar surface area (TPSA) is 78.1 Å². The molecule has 0 unspecified atom stereocenters. The van der Waals surface area contributed by atoms with Gasteiger partial charge in [-0.2, -0.15) is 4.98 Å². The van der Waals surface area contributed by atoms with Gasteiger partial charge in [-0.1, -0.05) is 23.7 Å². The fourth-order valence-corrected chi connectivity index (χ4v) is 1.52. The van der Waals surface area contributed by atoms with Gasteiger partial charge in [-0.15, -0.1) is 0 Å². The number of esters is 1. The Morgan fingerprint density at radius 3 is 2.88 bits per heavy atom. The van der Waals surface area contributed by atoms with E-state index in [9.17, 15) is 4.79 Å². The number of methoxy groups -OCH3 is 1. The molecule has 0 saturated carbocycles. The number of rotatable bonds is 2. The van der Waals surface area contributed by atoms with Gasteiger partial charge in [-0.3, -0.25) is 0 Å². The number of halogens is 1. The van der Waals surface area contributed by atoms with Gasteiger partial charge in [0.05, 0.1) is 7.11 Å². The van der Waals surface area contributed by atoms with Gasteiger partial charge < -0.3 is 9.26 Å². The number of ether oxygens (including phenoxy) is 1.